The van der Waals surface area contributed by atoms with Crippen LogP contribution in [0.25, 0.3) is 0 Å². The highest BCUT2D eigenvalue weighted by atomic mass is 32.1. The Morgan fingerprint density at radius 2 is 1.97 bits per heavy atom. The van der Waals surface area contributed by atoms with E-state index in [1.54, 1.807) is 42.0 Å². The van der Waals surface area contributed by atoms with Crippen molar-refractivity contribution in [3.63, 3.8) is 0 Å². The summed E-state index contributed by atoms with van der Waals surface area (Å²) in [4.78, 5) is 26.6. The number of nitrogens with one attached hydrogen (secondary N) is 1. The van der Waals surface area contributed by atoms with Gasteiger partial charge in [0.25, 0.3) is 5.91 Å². The molecule has 2 heterocycles. The van der Waals surface area contributed by atoms with Crippen LogP contribution in [0.1, 0.15) is 38.2 Å². The average molecular weight is 428 g/mol. The molecule has 0 aliphatic carbocycles. The third-order valence-corrected chi connectivity index (χ3v) is 6.00. The highest BCUT2D eigenvalue weighted by Gasteiger charge is 2.22. The van der Waals surface area contributed by atoms with E-state index in [0.717, 1.165) is 5.56 Å². The minimum absolute atomic E-state index is 0.0483. The molecule has 0 aliphatic rings. The molecule has 0 spiro atoms. The van der Waals surface area contributed by atoms with Gasteiger partial charge in [-0.05, 0) is 57.1 Å². The number of thiophene rings is 1. The van der Waals surface area contributed by atoms with Gasteiger partial charge in [0.2, 0.25) is 0 Å². The van der Waals surface area contributed by atoms with Crippen LogP contribution in [0, 0.1) is 24.0 Å². The maximum Gasteiger partial charge on any atom is 0.312 e. The number of amides is 1. The largest absolute Gasteiger partial charge is 0.350 e. The third-order valence-electron chi connectivity index (χ3n) is 5.03. The number of aromatic nitrogens is 2. The molecule has 1 amide bonds. The summed E-state index contributed by atoms with van der Waals surface area (Å²) in [5.41, 5.74) is 2.45. The van der Waals surface area contributed by atoms with E-state index in [9.17, 15) is 14.9 Å². The molecular formula is C21H25N5O3S. The number of likely N-dealkylation sites (N-methyl/N-ethyl adjacent to an activating group) is 1. The van der Waals surface area contributed by atoms with Crippen LogP contribution in [0.5, 0.6) is 0 Å². The second-order valence-corrected chi connectivity index (χ2v) is 8.32. The molecule has 0 bridgehead atoms. The molecule has 9 heteroatoms. The summed E-state index contributed by atoms with van der Waals surface area (Å²) in [5.74, 6) is -0.133. The minimum atomic E-state index is -0.404. The van der Waals surface area contributed by atoms with Crippen molar-refractivity contribution < 1.29 is 9.72 Å². The second-order valence-electron chi connectivity index (χ2n) is 7.34. The first-order valence-corrected chi connectivity index (χ1v) is 10.4. The molecule has 1 aromatic carbocycles. The van der Waals surface area contributed by atoms with Crippen molar-refractivity contribution in [3.8, 4) is 0 Å². The topological polar surface area (TPSA) is 93.3 Å². The van der Waals surface area contributed by atoms with Gasteiger partial charge in [-0.2, -0.15) is 5.10 Å². The molecular weight excluding hydrogens is 402 g/mol. The van der Waals surface area contributed by atoms with Crippen molar-refractivity contribution in [1.82, 2.24) is 20.0 Å². The Balaban J connectivity index is 1.65. The molecule has 1 atom stereocenters. The van der Waals surface area contributed by atoms with Crippen LogP contribution in [0.4, 0.5) is 5.69 Å². The van der Waals surface area contributed by atoms with E-state index in [0.29, 0.717) is 30.0 Å². The highest BCUT2D eigenvalue weighted by Crippen LogP contribution is 2.23. The van der Waals surface area contributed by atoms with E-state index in [1.807, 2.05) is 37.7 Å². The maximum atomic E-state index is 12.6. The van der Waals surface area contributed by atoms with Crippen LogP contribution < -0.4 is 5.32 Å². The van der Waals surface area contributed by atoms with Crippen LogP contribution in [0.2, 0.25) is 0 Å². The molecule has 0 saturated heterocycles. The number of rotatable bonds is 8. The minimum Gasteiger partial charge on any atom is -0.350 e. The quantitative estimate of drug-likeness (QED) is 0.438. The van der Waals surface area contributed by atoms with Crippen molar-refractivity contribution in [2.75, 3.05) is 20.6 Å². The maximum absolute atomic E-state index is 12.6. The van der Waals surface area contributed by atoms with Crippen LogP contribution >= 0.6 is 11.3 Å². The molecule has 2 aromatic heterocycles. The Kier molecular flexibility index (Phi) is 6.63. The molecule has 0 saturated carbocycles. The Morgan fingerprint density at radius 1 is 1.27 bits per heavy atom. The van der Waals surface area contributed by atoms with E-state index < -0.39 is 4.92 Å². The van der Waals surface area contributed by atoms with Crippen LogP contribution in [-0.4, -0.2) is 46.2 Å². The van der Waals surface area contributed by atoms with Gasteiger partial charge in [-0.25, -0.2) is 0 Å². The average Bonchev–Trinajstić information content (AvgIpc) is 3.30. The van der Waals surface area contributed by atoms with Gasteiger partial charge >= 0.3 is 5.69 Å². The van der Waals surface area contributed by atoms with Crippen molar-refractivity contribution in [3.05, 3.63) is 79.3 Å². The Labute approximate surface area is 179 Å². The van der Waals surface area contributed by atoms with E-state index in [-0.39, 0.29) is 17.6 Å². The summed E-state index contributed by atoms with van der Waals surface area (Å²) >= 11 is 1.67. The van der Waals surface area contributed by atoms with E-state index >= 15 is 0 Å². The lowest BCUT2D eigenvalue weighted by Crippen LogP contribution is -2.34. The third kappa shape index (κ3) is 4.74. The zero-order valence-electron chi connectivity index (χ0n) is 17.5. The molecule has 1 N–H and O–H groups in total. The molecule has 3 aromatic rings. The zero-order chi connectivity index (χ0) is 21.8. The summed E-state index contributed by atoms with van der Waals surface area (Å²) in [6.07, 6.45) is 0. The summed E-state index contributed by atoms with van der Waals surface area (Å²) in [6, 6.07) is 11.4. The summed E-state index contributed by atoms with van der Waals surface area (Å²) in [6.45, 7) is 4.24. The van der Waals surface area contributed by atoms with Crippen LogP contribution in [0.15, 0.2) is 41.8 Å². The van der Waals surface area contributed by atoms with Gasteiger partial charge in [-0.1, -0.05) is 18.2 Å². The van der Waals surface area contributed by atoms with E-state index in [2.05, 4.69) is 21.4 Å². The van der Waals surface area contributed by atoms with Crippen molar-refractivity contribution in [2.45, 2.75) is 26.4 Å². The smallest absolute Gasteiger partial charge is 0.312 e. The number of nitrogens with zero attached hydrogens (tertiary/aromatic N) is 4. The number of hydrogen-bond acceptors (Lipinski definition) is 6. The number of aryl methyl sites for hydroxylation is 1. The molecule has 30 heavy (non-hydrogen) atoms. The van der Waals surface area contributed by atoms with E-state index in [4.69, 9.17) is 0 Å². The zero-order valence-corrected chi connectivity index (χ0v) is 18.3. The van der Waals surface area contributed by atoms with Crippen molar-refractivity contribution >= 4 is 22.9 Å². The fraction of sp³-hybridized carbons (Fsp3) is 0.333. The predicted molar refractivity (Wildman–Crippen MR) is 117 cm³/mol. The lowest BCUT2D eigenvalue weighted by atomic mass is 10.1. The summed E-state index contributed by atoms with van der Waals surface area (Å²) < 4.78 is 1.62. The Bertz CT molecular complexity index is 1030. The lowest BCUT2D eigenvalue weighted by molar-refractivity contribution is -0.386. The molecule has 8 nitrogen and oxygen atoms in total. The van der Waals surface area contributed by atoms with Gasteiger partial charge in [0.1, 0.15) is 11.4 Å². The number of hydrogen-bond donors (Lipinski definition) is 1. The Hall–Kier alpha value is -3.04. The van der Waals surface area contributed by atoms with E-state index in [1.165, 1.54) is 4.88 Å². The molecule has 158 valence electrons. The number of carbonyl (C=O) groups excluding carboxylic acids is 1. The normalized spacial score (nSPS) is 12.2. The van der Waals surface area contributed by atoms with Gasteiger partial charge < -0.3 is 10.2 Å². The van der Waals surface area contributed by atoms with Crippen LogP contribution in [0.3, 0.4) is 0 Å². The molecule has 0 fully saturated rings. The fourth-order valence-electron chi connectivity index (χ4n) is 3.35. The molecule has 1 unspecified atom stereocenters. The molecule has 0 aliphatic heterocycles. The van der Waals surface area contributed by atoms with Gasteiger partial charge in [-0.3, -0.25) is 19.6 Å². The summed E-state index contributed by atoms with van der Waals surface area (Å²) in [7, 11) is 3.99. The standard InChI is InChI=1S/C21H25N5O3S/c1-14-20(26(28)29)15(2)25(23-14)13-16-7-9-17(10-8-16)21(27)22-12-18(24(3)4)19-6-5-11-30-19/h5-11,18H,12-13H2,1-4H3,(H,22,27). The number of carbonyl (C=O) groups is 1. The first-order chi connectivity index (χ1) is 14.3. The van der Waals surface area contributed by atoms with Gasteiger partial charge in [-0.15, -0.1) is 11.3 Å². The lowest BCUT2D eigenvalue weighted by Gasteiger charge is -2.23. The predicted octanol–water partition coefficient (Wildman–Crippen LogP) is 3.55. The SMILES string of the molecule is Cc1nn(Cc2ccc(C(=O)NCC(c3cccs3)N(C)C)cc2)c(C)c1[N+](=O)[O-]. The van der Waals surface area contributed by atoms with Crippen molar-refractivity contribution in [1.29, 1.82) is 0 Å². The molecule has 0 radical (unpaired) electrons. The first-order valence-electron chi connectivity index (χ1n) is 9.53. The van der Waals surface area contributed by atoms with Gasteiger partial charge in [0.15, 0.2) is 0 Å². The first kappa shape index (κ1) is 21.7. The van der Waals surface area contributed by atoms with Crippen molar-refractivity contribution in [2.24, 2.45) is 0 Å². The Morgan fingerprint density at radius 3 is 2.50 bits per heavy atom. The second kappa shape index (κ2) is 9.19. The number of benzene rings is 1. The van der Waals surface area contributed by atoms with Crippen LogP contribution in [-0.2, 0) is 6.54 Å². The van der Waals surface area contributed by atoms with Gasteiger partial charge in [0, 0.05) is 17.0 Å². The number of nitro groups is 1. The highest BCUT2D eigenvalue weighted by molar-refractivity contribution is 7.10. The molecule has 3 rings (SSSR count). The monoisotopic (exact) mass is 427 g/mol. The van der Waals surface area contributed by atoms with Gasteiger partial charge in [0.05, 0.1) is 17.5 Å². The fourth-order valence-corrected chi connectivity index (χ4v) is 4.27. The summed E-state index contributed by atoms with van der Waals surface area (Å²) in [5, 5.41) is 20.5.